The van der Waals surface area contributed by atoms with Gasteiger partial charge in [-0.1, -0.05) is 30.3 Å². The van der Waals surface area contributed by atoms with Crippen LogP contribution in [0, 0.1) is 0 Å². The van der Waals surface area contributed by atoms with Crippen LogP contribution in [0.5, 0.6) is 17.2 Å². The SMILES string of the molecule is COc1c2c(cc3c1[C@H](CC(=O)c1cccc(C=Cc4ccccn4)c1)N(C)CC3)OCO2. The molecule has 0 fully saturated rings. The summed E-state index contributed by atoms with van der Waals surface area (Å²) in [4.78, 5) is 19.9. The lowest BCUT2D eigenvalue weighted by Gasteiger charge is -2.35. The number of pyridine rings is 1. The molecule has 0 unspecified atom stereocenters. The first-order valence-corrected chi connectivity index (χ1v) is 11.1. The highest BCUT2D eigenvalue weighted by Gasteiger charge is 2.35. The molecule has 1 atom stereocenters. The van der Waals surface area contributed by atoms with Gasteiger partial charge in [0, 0.05) is 36.3 Å². The molecule has 0 aliphatic carbocycles. The number of Topliss-reactive ketones (excluding diaryl/α,β-unsaturated/α-hetero) is 1. The average Bonchev–Trinajstić information content (AvgIpc) is 3.32. The van der Waals surface area contributed by atoms with E-state index in [0.29, 0.717) is 29.2 Å². The average molecular weight is 443 g/mol. The smallest absolute Gasteiger partial charge is 0.231 e. The maximum Gasteiger partial charge on any atom is 0.231 e. The number of nitrogens with zero attached hydrogens (tertiary/aromatic N) is 2. The van der Waals surface area contributed by atoms with Crippen molar-refractivity contribution in [3.63, 3.8) is 0 Å². The zero-order valence-corrected chi connectivity index (χ0v) is 18.8. The molecule has 5 rings (SSSR count). The van der Waals surface area contributed by atoms with Gasteiger partial charge in [0.25, 0.3) is 0 Å². The van der Waals surface area contributed by atoms with Gasteiger partial charge in [0.15, 0.2) is 17.3 Å². The summed E-state index contributed by atoms with van der Waals surface area (Å²) < 4.78 is 17.0. The molecule has 2 aliphatic heterocycles. The van der Waals surface area contributed by atoms with Gasteiger partial charge in [-0.2, -0.15) is 0 Å². The first-order chi connectivity index (χ1) is 16.1. The highest BCUT2D eigenvalue weighted by atomic mass is 16.7. The van der Waals surface area contributed by atoms with Crippen molar-refractivity contribution in [3.8, 4) is 17.2 Å². The number of methoxy groups -OCH3 is 1. The molecule has 0 saturated heterocycles. The molecule has 0 radical (unpaired) electrons. The van der Waals surface area contributed by atoms with Crippen LogP contribution in [0.25, 0.3) is 12.2 Å². The van der Waals surface area contributed by atoms with Gasteiger partial charge < -0.3 is 14.2 Å². The summed E-state index contributed by atoms with van der Waals surface area (Å²) in [7, 11) is 3.69. The molecule has 0 amide bonds. The molecule has 2 aromatic carbocycles. The van der Waals surface area contributed by atoms with E-state index in [1.807, 2.05) is 60.7 Å². The summed E-state index contributed by atoms with van der Waals surface area (Å²) in [6.07, 6.45) is 6.91. The molecule has 168 valence electrons. The molecule has 0 saturated carbocycles. The van der Waals surface area contributed by atoms with Crippen LogP contribution >= 0.6 is 0 Å². The van der Waals surface area contributed by atoms with E-state index in [2.05, 4.69) is 16.9 Å². The van der Waals surface area contributed by atoms with Crippen LogP contribution in [0.4, 0.5) is 0 Å². The molecule has 6 nitrogen and oxygen atoms in total. The van der Waals surface area contributed by atoms with Crippen molar-refractivity contribution in [1.29, 1.82) is 0 Å². The van der Waals surface area contributed by atoms with Crippen molar-refractivity contribution >= 4 is 17.9 Å². The molecule has 6 heteroatoms. The van der Waals surface area contributed by atoms with Crippen LogP contribution in [0.3, 0.4) is 0 Å². The Balaban J connectivity index is 1.41. The fourth-order valence-corrected chi connectivity index (χ4v) is 4.55. The number of benzene rings is 2. The van der Waals surface area contributed by atoms with Gasteiger partial charge in [-0.3, -0.25) is 14.7 Å². The monoisotopic (exact) mass is 442 g/mol. The molecule has 0 N–H and O–H groups in total. The second-order valence-electron chi connectivity index (χ2n) is 8.30. The van der Waals surface area contributed by atoms with E-state index in [9.17, 15) is 4.79 Å². The van der Waals surface area contributed by atoms with E-state index in [-0.39, 0.29) is 18.6 Å². The van der Waals surface area contributed by atoms with Crippen LogP contribution in [0.2, 0.25) is 0 Å². The Morgan fingerprint density at radius 1 is 1.18 bits per heavy atom. The van der Waals surface area contributed by atoms with Crippen LogP contribution in [-0.2, 0) is 6.42 Å². The number of hydrogen-bond donors (Lipinski definition) is 0. The van der Waals surface area contributed by atoms with Crippen LogP contribution < -0.4 is 14.2 Å². The third-order valence-corrected chi connectivity index (χ3v) is 6.27. The molecule has 3 heterocycles. The van der Waals surface area contributed by atoms with Gasteiger partial charge in [0.1, 0.15) is 0 Å². The molecule has 3 aromatic rings. The molecule has 33 heavy (non-hydrogen) atoms. The Labute approximate surface area is 193 Å². The largest absolute Gasteiger partial charge is 0.492 e. The van der Waals surface area contributed by atoms with Gasteiger partial charge in [0.2, 0.25) is 12.5 Å². The van der Waals surface area contributed by atoms with Gasteiger partial charge in [-0.05, 0) is 54.9 Å². The fraction of sp³-hybridized carbons (Fsp3) is 0.259. The summed E-state index contributed by atoms with van der Waals surface area (Å²) in [6, 6.07) is 15.4. The number of rotatable bonds is 6. The van der Waals surface area contributed by atoms with Crippen molar-refractivity contribution in [2.24, 2.45) is 0 Å². The van der Waals surface area contributed by atoms with Crippen molar-refractivity contribution in [1.82, 2.24) is 9.88 Å². The Bertz CT molecular complexity index is 1210. The second-order valence-corrected chi connectivity index (χ2v) is 8.30. The number of hydrogen-bond acceptors (Lipinski definition) is 6. The maximum atomic E-state index is 13.4. The van der Waals surface area contributed by atoms with Gasteiger partial charge in [0.05, 0.1) is 12.8 Å². The van der Waals surface area contributed by atoms with E-state index in [1.54, 1.807) is 13.3 Å². The molecule has 2 aliphatic rings. The minimum absolute atomic E-state index is 0.0903. The van der Waals surface area contributed by atoms with E-state index >= 15 is 0 Å². The van der Waals surface area contributed by atoms with E-state index < -0.39 is 0 Å². The van der Waals surface area contributed by atoms with E-state index in [0.717, 1.165) is 35.3 Å². The number of ketones is 1. The number of likely N-dealkylation sites (N-methyl/N-ethyl adjacent to an activating group) is 1. The Kier molecular flexibility index (Phi) is 5.84. The van der Waals surface area contributed by atoms with Gasteiger partial charge in [-0.15, -0.1) is 0 Å². The highest BCUT2D eigenvalue weighted by Crippen LogP contribution is 2.50. The predicted octanol–water partition coefficient (Wildman–Crippen LogP) is 4.79. The van der Waals surface area contributed by atoms with Crippen molar-refractivity contribution in [2.75, 3.05) is 27.5 Å². The van der Waals surface area contributed by atoms with Crippen LogP contribution in [0.15, 0.2) is 54.7 Å². The standard InChI is InChI=1S/C27H26N2O4/c1-29-13-11-20-15-24-26(33-17-32-24)27(31-2)25(20)22(29)16-23(30)19-7-5-6-18(14-19)9-10-21-8-3-4-12-28-21/h3-10,12,14-15,22H,11,13,16-17H2,1-2H3/t22-/m0/s1. The summed E-state index contributed by atoms with van der Waals surface area (Å²) in [5, 5.41) is 0. The fourth-order valence-electron chi connectivity index (χ4n) is 4.55. The van der Waals surface area contributed by atoms with Crippen molar-refractivity contribution < 1.29 is 19.0 Å². The summed E-state index contributed by atoms with van der Waals surface area (Å²) >= 11 is 0. The van der Waals surface area contributed by atoms with E-state index in [1.165, 1.54) is 0 Å². The Morgan fingerprint density at radius 2 is 2.09 bits per heavy atom. The minimum atomic E-state index is -0.0987. The lowest BCUT2D eigenvalue weighted by atomic mass is 9.87. The Hall–Kier alpha value is -3.64. The summed E-state index contributed by atoms with van der Waals surface area (Å²) in [5.41, 5.74) is 4.71. The first-order valence-electron chi connectivity index (χ1n) is 11.1. The normalized spacial score (nSPS) is 17.2. The van der Waals surface area contributed by atoms with Crippen LogP contribution in [-0.4, -0.2) is 43.2 Å². The predicted molar refractivity (Wildman–Crippen MR) is 127 cm³/mol. The second kappa shape index (κ2) is 9.08. The van der Waals surface area contributed by atoms with Gasteiger partial charge >= 0.3 is 0 Å². The van der Waals surface area contributed by atoms with E-state index in [4.69, 9.17) is 14.2 Å². The van der Waals surface area contributed by atoms with Gasteiger partial charge in [-0.25, -0.2) is 0 Å². The van der Waals surface area contributed by atoms with Crippen molar-refractivity contribution in [3.05, 3.63) is 82.7 Å². The number of fused-ring (bicyclic) bond motifs is 2. The Morgan fingerprint density at radius 3 is 2.91 bits per heavy atom. The minimum Gasteiger partial charge on any atom is -0.492 e. The molecule has 0 spiro atoms. The highest BCUT2D eigenvalue weighted by molar-refractivity contribution is 5.97. The summed E-state index contributed by atoms with van der Waals surface area (Å²) in [5.74, 6) is 2.11. The molecular weight excluding hydrogens is 416 g/mol. The molecule has 1 aromatic heterocycles. The zero-order valence-electron chi connectivity index (χ0n) is 18.8. The molecule has 0 bridgehead atoms. The number of carbonyl (C=O) groups is 1. The molecular formula is C27H26N2O4. The van der Waals surface area contributed by atoms with Crippen molar-refractivity contribution in [2.45, 2.75) is 18.9 Å². The summed E-state index contributed by atoms with van der Waals surface area (Å²) in [6.45, 7) is 1.05. The lowest BCUT2D eigenvalue weighted by Crippen LogP contribution is -2.34. The zero-order chi connectivity index (χ0) is 22.8. The quantitative estimate of drug-likeness (QED) is 0.512. The van der Waals surface area contributed by atoms with Crippen LogP contribution in [0.1, 0.15) is 45.2 Å². The number of aromatic nitrogens is 1. The first kappa shape index (κ1) is 21.2. The number of ether oxygens (including phenoxy) is 3. The third kappa shape index (κ3) is 4.22. The maximum absolute atomic E-state index is 13.4. The third-order valence-electron chi connectivity index (χ3n) is 6.27. The number of carbonyl (C=O) groups excluding carboxylic acids is 1. The topological polar surface area (TPSA) is 60.9 Å². The lowest BCUT2D eigenvalue weighted by molar-refractivity contribution is 0.0925.